The quantitative estimate of drug-likeness (QED) is 0.353. The normalized spacial score (nSPS) is 10.7. The molecule has 178 valence electrons. The summed E-state index contributed by atoms with van der Waals surface area (Å²) in [6.07, 6.45) is 4.66. The second-order valence-corrected chi connectivity index (χ2v) is 8.10. The Kier molecular flexibility index (Phi) is 6.29. The first kappa shape index (κ1) is 23.0. The Bertz CT molecular complexity index is 1620. The van der Waals surface area contributed by atoms with E-state index in [-0.39, 0.29) is 17.1 Å². The predicted molar refractivity (Wildman–Crippen MR) is 139 cm³/mol. The Morgan fingerprint density at radius 1 is 0.972 bits per heavy atom. The highest BCUT2D eigenvalue weighted by molar-refractivity contribution is 6.33. The van der Waals surface area contributed by atoms with E-state index in [2.05, 4.69) is 25.6 Å². The molecule has 0 aliphatic rings. The molecule has 0 saturated carbocycles. The highest BCUT2D eigenvalue weighted by Gasteiger charge is 2.17. The molecule has 9 nitrogen and oxygen atoms in total. The van der Waals surface area contributed by atoms with E-state index in [4.69, 9.17) is 16.4 Å². The van der Waals surface area contributed by atoms with Crippen molar-refractivity contribution >= 4 is 45.9 Å². The van der Waals surface area contributed by atoms with E-state index < -0.39 is 5.56 Å². The number of nitrogens with zero attached hydrogens (tertiary/aromatic N) is 4. The Morgan fingerprint density at radius 2 is 1.75 bits per heavy atom. The number of fused-ring (bicyclic) bond motifs is 1. The molecule has 0 spiro atoms. The van der Waals surface area contributed by atoms with Gasteiger partial charge in [0.05, 0.1) is 5.56 Å². The van der Waals surface area contributed by atoms with Crippen molar-refractivity contribution in [3.8, 4) is 11.1 Å². The van der Waals surface area contributed by atoms with Gasteiger partial charge in [0.25, 0.3) is 11.5 Å². The lowest BCUT2D eigenvalue weighted by atomic mass is 10.1. The Balaban J connectivity index is 1.54. The number of carbonyl (C=O) groups excluding carboxylic acids is 1. The number of hydrogen-bond donors (Lipinski definition) is 2. The van der Waals surface area contributed by atoms with Crippen molar-refractivity contribution in [2.24, 2.45) is 0 Å². The first-order chi connectivity index (χ1) is 17.5. The molecular formula is C26H19ClN6O3. The molecule has 5 aromatic rings. The van der Waals surface area contributed by atoms with Crippen molar-refractivity contribution < 1.29 is 9.63 Å². The first-order valence-electron chi connectivity index (χ1n) is 10.8. The molecule has 1 amide bonds. The molecule has 0 radical (unpaired) electrons. The third-order valence-electron chi connectivity index (χ3n) is 5.37. The standard InChI is InChI=1S/C26H19ClN6O3/c1-36-33-23-17(15-29-26(32-23)31-18-5-3-2-4-6-18)13-21(25(33)35)20-14-19(7-8-22(20)27)30-24(34)16-9-11-28-12-10-16/h2-15H,1H3,(H,30,34)(H,29,31,32). The topological polar surface area (TPSA) is 111 Å². The summed E-state index contributed by atoms with van der Waals surface area (Å²) in [4.78, 5) is 44.1. The van der Waals surface area contributed by atoms with Crippen LogP contribution in [0.1, 0.15) is 10.4 Å². The van der Waals surface area contributed by atoms with E-state index in [0.717, 1.165) is 10.4 Å². The number of amides is 1. The van der Waals surface area contributed by atoms with Crippen LogP contribution in [0, 0.1) is 0 Å². The molecule has 0 unspecified atom stereocenters. The smallest absolute Gasteiger partial charge is 0.293 e. The van der Waals surface area contributed by atoms with Gasteiger partial charge in [0, 0.05) is 51.5 Å². The van der Waals surface area contributed by atoms with Gasteiger partial charge in [0.2, 0.25) is 5.95 Å². The molecule has 0 atom stereocenters. The first-order valence-corrected chi connectivity index (χ1v) is 11.2. The molecule has 0 fully saturated rings. The van der Waals surface area contributed by atoms with Gasteiger partial charge in [0.1, 0.15) is 7.11 Å². The highest BCUT2D eigenvalue weighted by atomic mass is 35.5. The summed E-state index contributed by atoms with van der Waals surface area (Å²) in [5.74, 6) is -0.00386. The summed E-state index contributed by atoms with van der Waals surface area (Å²) in [5.41, 5.74) is 2.24. The molecule has 0 aliphatic carbocycles. The van der Waals surface area contributed by atoms with E-state index in [0.29, 0.717) is 33.2 Å². The Labute approximate surface area is 210 Å². The molecule has 5 rings (SSSR count). The van der Waals surface area contributed by atoms with Crippen molar-refractivity contribution in [3.63, 3.8) is 0 Å². The zero-order chi connectivity index (χ0) is 25.1. The summed E-state index contributed by atoms with van der Waals surface area (Å²) < 4.78 is 1.08. The summed E-state index contributed by atoms with van der Waals surface area (Å²) in [5, 5.41) is 6.81. The van der Waals surface area contributed by atoms with E-state index in [1.807, 2.05) is 30.3 Å². The minimum absolute atomic E-state index is 0.265. The van der Waals surface area contributed by atoms with Gasteiger partial charge in [-0.3, -0.25) is 14.6 Å². The fraction of sp³-hybridized carbons (Fsp3) is 0.0385. The van der Waals surface area contributed by atoms with E-state index >= 15 is 0 Å². The fourth-order valence-corrected chi connectivity index (χ4v) is 3.88. The average molecular weight is 499 g/mol. The van der Waals surface area contributed by atoms with E-state index in [1.165, 1.54) is 19.5 Å². The number of pyridine rings is 2. The number of hydrogen-bond acceptors (Lipinski definition) is 7. The maximum Gasteiger partial charge on any atom is 0.293 e. The Morgan fingerprint density at radius 3 is 2.50 bits per heavy atom. The van der Waals surface area contributed by atoms with Crippen molar-refractivity contribution in [1.82, 2.24) is 19.7 Å². The van der Waals surface area contributed by atoms with E-state index in [9.17, 15) is 9.59 Å². The molecule has 0 aliphatic heterocycles. The highest BCUT2D eigenvalue weighted by Crippen LogP contribution is 2.30. The number of carbonyl (C=O) groups is 1. The number of benzene rings is 2. The maximum absolute atomic E-state index is 13.4. The molecule has 2 aromatic carbocycles. The van der Waals surface area contributed by atoms with Gasteiger partial charge in [0.15, 0.2) is 5.65 Å². The number of nitrogens with one attached hydrogen (secondary N) is 2. The molecule has 0 saturated heterocycles. The van der Waals surface area contributed by atoms with Gasteiger partial charge in [-0.05, 0) is 48.5 Å². The van der Waals surface area contributed by atoms with Crippen LogP contribution in [0.3, 0.4) is 0 Å². The second kappa shape index (κ2) is 9.85. The molecule has 2 N–H and O–H groups in total. The summed E-state index contributed by atoms with van der Waals surface area (Å²) in [6.45, 7) is 0. The minimum atomic E-state index is -0.464. The van der Waals surface area contributed by atoms with Gasteiger partial charge in [-0.15, -0.1) is 4.73 Å². The number of halogens is 1. The van der Waals surface area contributed by atoms with Crippen LogP contribution in [0.2, 0.25) is 5.02 Å². The zero-order valence-corrected chi connectivity index (χ0v) is 19.7. The van der Waals surface area contributed by atoms with Crippen molar-refractivity contribution in [2.75, 3.05) is 17.7 Å². The van der Waals surface area contributed by atoms with Gasteiger partial charge in [-0.1, -0.05) is 29.8 Å². The summed E-state index contributed by atoms with van der Waals surface area (Å²) in [6, 6.07) is 19.2. The Hall–Kier alpha value is -4.76. The maximum atomic E-state index is 13.4. The van der Waals surface area contributed by atoms with Crippen molar-refractivity contribution in [1.29, 1.82) is 0 Å². The third-order valence-corrected chi connectivity index (χ3v) is 5.70. The number of aromatic nitrogens is 4. The summed E-state index contributed by atoms with van der Waals surface area (Å²) >= 11 is 6.47. The van der Waals surface area contributed by atoms with Gasteiger partial charge < -0.3 is 15.5 Å². The van der Waals surface area contributed by atoms with Crippen LogP contribution in [0.15, 0.2) is 90.1 Å². The lowest BCUT2D eigenvalue weighted by Gasteiger charge is -2.13. The van der Waals surface area contributed by atoms with Crippen LogP contribution in [0.4, 0.5) is 17.3 Å². The number of anilines is 3. The average Bonchev–Trinajstić information content (AvgIpc) is 2.91. The monoisotopic (exact) mass is 498 g/mol. The molecule has 10 heteroatoms. The number of rotatable bonds is 6. The largest absolute Gasteiger partial charge is 0.412 e. The SMILES string of the molecule is COn1c(=O)c(-c2cc(NC(=O)c3ccncc3)ccc2Cl)cc2cnc(Nc3ccccc3)nc21. The zero-order valence-electron chi connectivity index (χ0n) is 19.0. The minimum Gasteiger partial charge on any atom is -0.412 e. The van der Waals surface area contributed by atoms with Gasteiger partial charge >= 0.3 is 0 Å². The molecular weight excluding hydrogens is 480 g/mol. The van der Waals surface area contributed by atoms with Crippen molar-refractivity contribution in [3.05, 3.63) is 106 Å². The van der Waals surface area contributed by atoms with Crippen molar-refractivity contribution in [2.45, 2.75) is 0 Å². The van der Waals surface area contributed by atoms with Gasteiger partial charge in [-0.25, -0.2) is 4.98 Å². The van der Waals surface area contributed by atoms with Crippen LogP contribution in [0.5, 0.6) is 0 Å². The molecule has 0 bridgehead atoms. The van der Waals surface area contributed by atoms with Crippen LogP contribution in [-0.2, 0) is 0 Å². The molecule has 3 heterocycles. The number of para-hydroxylation sites is 1. The lowest BCUT2D eigenvalue weighted by Crippen LogP contribution is -2.27. The molecule has 36 heavy (non-hydrogen) atoms. The van der Waals surface area contributed by atoms with E-state index in [1.54, 1.807) is 42.6 Å². The van der Waals surface area contributed by atoms with Crippen LogP contribution in [-0.4, -0.2) is 32.7 Å². The fourth-order valence-electron chi connectivity index (χ4n) is 3.66. The summed E-state index contributed by atoms with van der Waals surface area (Å²) in [7, 11) is 1.38. The second-order valence-electron chi connectivity index (χ2n) is 7.69. The van der Waals surface area contributed by atoms with Crippen LogP contribution < -0.4 is 21.0 Å². The van der Waals surface area contributed by atoms with Gasteiger partial charge in [-0.2, -0.15) is 4.98 Å². The third kappa shape index (κ3) is 4.59. The van der Waals surface area contributed by atoms with Crippen LogP contribution >= 0.6 is 11.6 Å². The molecule has 3 aromatic heterocycles. The lowest BCUT2D eigenvalue weighted by molar-refractivity contribution is 0.102. The van der Waals surface area contributed by atoms with Crippen LogP contribution in [0.25, 0.3) is 22.2 Å². The predicted octanol–water partition coefficient (Wildman–Crippen LogP) is 4.56.